The van der Waals surface area contributed by atoms with Gasteiger partial charge in [-0.15, -0.1) is 0 Å². The lowest BCUT2D eigenvalue weighted by Gasteiger charge is -2.03. The maximum atomic E-state index is 5.86. The first-order valence-electron chi connectivity index (χ1n) is 6.19. The molecular weight excluding hydrogens is 238 g/mol. The average molecular weight is 253 g/mol. The van der Waals surface area contributed by atoms with Crippen LogP contribution in [0.2, 0.25) is 0 Å². The first-order chi connectivity index (χ1) is 9.22. The van der Waals surface area contributed by atoms with Crippen LogP contribution < -0.4 is 10.5 Å². The predicted octanol–water partition coefficient (Wildman–Crippen LogP) is 3.90. The Hall–Kier alpha value is -2.42. The van der Waals surface area contributed by atoms with Crippen LogP contribution in [0, 0.1) is 6.92 Å². The number of benzene rings is 2. The maximum Gasteiger partial charge on any atom is 0.157 e. The van der Waals surface area contributed by atoms with E-state index < -0.39 is 0 Å². The number of nitrogen functional groups attached to an aromatic ring is 1. The number of fused-ring (bicyclic) bond motifs is 1. The van der Waals surface area contributed by atoms with Crippen molar-refractivity contribution in [2.24, 2.45) is 0 Å². The summed E-state index contributed by atoms with van der Waals surface area (Å²) in [4.78, 5) is 0. The molecule has 1 heterocycles. The molecule has 0 aliphatic rings. The van der Waals surface area contributed by atoms with Crippen LogP contribution in [0.25, 0.3) is 11.0 Å². The van der Waals surface area contributed by atoms with Crippen LogP contribution in [0.3, 0.4) is 0 Å². The molecule has 2 aromatic carbocycles. The molecule has 0 fully saturated rings. The number of hydrogen-bond acceptors (Lipinski definition) is 3. The number of rotatable bonds is 3. The van der Waals surface area contributed by atoms with E-state index in [1.54, 1.807) is 0 Å². The molecule has 3 rings (SSSR count). The fourth-order valence-electron chi connectivity index (χ4n) is 2.00. The van der Waals surface area contributed by atoms with Crippen molar-refractivity contribution in [3.63, 3.8) is 0 Å². The van der Waals surface area contributed by atoms with Crippen molar-refractivity contribution >= 4 is 16.7 Å². The van der Waals surface area contributed by atoms with E-state index in [0.29, 0.717) is 12.3 Å². The van der Waals surface area contributed by atoms with Crippen molar-refractivity contribution in [1.82, 2.24) is 0 Å². The Kier molecular flexibility index (Phi) is 2.88. The summed E-state index contributed by atoms with van der Waals surface area (Å²) in [5.41, 5.74) is 8.45. The summed E-state index contributed by atoms with van der Waals surface area (Å²) in [5.74, 6) is 1.60. The Labute approximate surface area is 111 Å². The largest absolute Gasteiger partial charge is 0.486 e. The summed E-state index contributed by atoms with van der Waals surface area (Å²) >= 11 is 0. The summed E-state index contributed by atoms with van der Waals surface area (Å²) in [7, 11) is 0. The summed E-state index contributed by atoms with van der Waals surface area (Å²) in [6, 6.07) is 15.6. The first-order valence-corrected chi connectivity index (χ1v) is 6.19. The van der Waals surface area contributed by atoms with Crippen molar-refractivity contribution in [2.45, 2.75) is 13.5 Å². The normalized spacial score (nSPS) is 10.8. The quantitative estimate of drug-likeness (QED) is 0.720. The van der Waals surface area contributed by atoms with Gasteiger partial charge in [0, 0.05) is 5.39 Å². The highest BCUT2D eigenvalue weighted by molar-refractivity contribution is 5.88. The Morgan fingerprint density at radius 3 is 2.63 bits per heavy atom. The van der Waals surface area contributed by atoms with Gasteiger partial charge in [-0.3, -0.25) is 0 Å². The lowest BCUT2D eigenvalue weighted by molar-refractivity contribution is 0.274. The van der Waals surface area contributed by atoms with Crippen molar-refractivity contribution < 1.29 is 9.15 Å². The molecule has 1 aromatic heterocycles. The van der Waals surface area contributed by atoms with E-state index in [4.69, 9.17) is 14.9 Å². The number of aryl methyl sites for hydroxylation is 1. The van der Waals surface area contributed by atoms with Crippen LogP contribution in [0.5, 0.6) is 5.75 Å². The van der Waals surface area contributed by atoms with Crippen LogP contribution in [-0.2, 0) is 6.61 Å². The molecule has 3 aromatic rings. The molecule has 0 spiro atoms. The van der Waals surface area contributed by atoms with Gasteiger partial charge >= 0.3 is 0 Å². The van der Waals surface area contributed by atoms with Gasteiger partial charge in [-0.1, -0.05) is 29.8 Å². The highest BCUT2D eigenvalue weighted by Crippen LogP contribution is 2.25. The topological polar surface area (TPSA) is 48.4 Å². The van der Waals surface area contributed by atoms with Gasteiger partial charge in [-0.2, -0.15) is 0 Å². The van der Waals surface area contributed by atoms with E-state index in [1.807, 2.05) is 55.5 Å². The third-order valence-electron chi connectivity index (χ3n) is 3.03. The van der Waals surface area contributed by atoms with Crippen molar-refractivity contribution in [3.05, 3.63) is 59.9 Å². The van der Waals surface area contributed by atoms with Crippen LogP contribution >= 0.6 is 0 Å². The first kappa shape index (κ1) is 11.7. The highest BCUT2D eigenvalue weighted by Gasteiger charge is 2.06. The molecule has 0 saturated carbocycles. The monoisotopic (exact) mass is 253 g/mol. The van der Waals surface area contributed by atoms with Gasteiger partial charge in [0.15, 0.2) is 5.58 Å². The highest BCUT2D eigenvalue weighted by atomic mass is 16.5. The Balaban J connectivity index is 1.78. The van der Waals surface area contributed by atoms with E-state index in [2.05, 4.69) is 0 Å². The third-order valence-corrected chi connectivity index (χ3v) is 3.03. The number of ether oxygens (including phenoxy) is 1. The molecule has 0 radical (unpaired) electrons. The number of para-hydroxylation sites is 1. The second-order valence-electron chi connectivity index (χ2n) is 4.58. The van der Waals surface area contributed by atoms with Gasteiger partial charge in [-0.05, 0) is 31.2 Å². The van der Waals surface area contributed by atoms with Crippen molar-refractivity contribution in [3.8, 4) is 5.75 Å². The molecular formula is C16H15NO2. The fraction of sp³-hybridized carbons (Fsp3) is 0.125. The summed E-state index contributed by atoms with van der Waals surface area (Å²) in [5, 5.41) is 1.00. The van der Waals surface area contributed by atoms with Crippen molar-refractivity contribution in [2.75, 3.05) is 5.73 Å². The van der Waals surface area contributed by atoms with E-state index >= 15 is 0 Å². The zero-order valence-corrected chi connectivity index (χ0v) is 10.7. The number of anilines is 1. The molecule has 0 aliphatic carbocycles. The molecule has 0 atom stereocenters. The van der Waals surface area contributed by atoms with Gasteiger partial charge in [0.05, 0.1) is 5.69 Å². The minimum atomic E-state index is 0.400. The van der Waals surface area contributed by atoms with Crippen LogP contribution in [-0.4, -0.2) is 0 Å². The standard InChI is InChI=1S/C16H15NO2/c1-11-5-7-13(8-6-11)18-10-14-9-12-3-2-4-15(17)16(12)19-14/h2-9H,10,17H2,1H3. The van der Waals surface area contributed by atoms with Crippen LogP contribution in [0.1, 0.15) is 11.3 Å². The lowest BCUT2D eigenvalue weighted by atomic mass is 10.2. The number of nitrogens with two attached hydrogens (primary N) is 1. The van der Waals surface area contributed by atoms with E-state index in [9.17, 15) is 0 Å². The molecule has 96 valence electrons. The summed E-state index contributed by atoms with van der Waals surface area (Å²) < 4.78 is 11.4. The fourth-order valence-corrected chi connectivity index (χ4v) is 2.00. The van der Waals surface area contributed by atoms with Crippen LogP contribution in [0.15, 0.2) is 52.9 Å². The average Bonchev–Trinajstić information content (AvgIpc) is 2.83. The molecule has 0 unspecified atom stereocenters. The molecule has 19 heavy (non-hydrogen) atoms. The second-order valence-corrected chi connectivity index (χ2v) is 4.58. The predicted molar refractivity (Wildman–Crippen MR) is 76.1 cm³/mol. The molecule has 0 aliphatic heterocycles. The molecule has 3 heteroatoms. The van der Waals surface area contributed by atoms with Gasteiger partial charge in [0.1, 0.15) is 18.1 Å². The summed E-state index contributed by atoms with van der Waals surface area (Å²) in [6.07, 6.45) is 0. The second kappa shape index (κ2) is 4.69. The minimum absolute atomic E-state index is 0.400. The molecule has 2 N–H and O–H groups in total. The molecule has 0 amide bonds. The van der Waals surface area contributed by atoms with Crippen molar-refractivity contribution in [1.29, 1.82) is 0 Å². The Bertz CT molecular complexity index is 698. The maximum absolute atomic E-state index is 5.86. The van der Waals surface area contributed by atoms with Gasteiger partial charge < -0.3 is 14.9 Å². The van der Waals surface area contributed by atoms with Crippen LogP contribution in [0.4, 0.5) is 5.69 Å². The third kappa shape index (κ3) is 2.40. The zero-order chi connectivity index (χ0) is 13.2. The van der Waals surface area contributed by atoms with Gasteiger partial charge in [0.2, 0.25) is 0 Å². The van der Waals surface area contributed by atoms with E-state index in [-0.39, 0.29) is 0 Å². The zero-order valence-electron chi connectivity index (χ0n) is 10.7. The molecule has 0 bridgehead atoms. The van der Waals surface area contributed by atoms with E-state index in [1.165, 1.54) is 5.56 Å². The van der Waals surface area contributed by atoms with Gasteiger partial charge in [0.25, 0.3) is 0 Å². The number of furan rings is 1. The number of hydrogen-bond donors (Lipinski definition) is 1. The Morgan fingerprint density at radius 2 is 1.89 bits per heavy atom. The SMILES string of the molecule is Cc1ccc(OCc2cc3cccc(N)c3o2)cc1. The summed E-state index contributed by atoms with van der Waals surface area (Å²) in [6.45, 7) is 2.45. The Morgan fingerprint density at radius 1 is 1.11 bits per heavy atom. The van der Waals surface area contributed by atoms with E-state index in [0.717, 1.165) is 22.5 Å². The minimum Gasteiger partial charge on any atom is -0.486 e. The lowest BCUT2D eigenvalue weighted by Crippen LogP contribution is -1.93. The molecule has 3 nitrogen and oxygen atoms in total. The smallest absolute Gasteiger partial charge is 0.157 e. The van der Waals surface area contributed by atoms with Gasteiger partial charge in [-0.25, -0.2) is 0 Å². The molecule has 0 saturated heterocycles.